The first kappa shape index (κ1) is 18.9. The lowest BCUT2D eigenvalue weighted by Crippen LogP contribution is -2.37. The largest absolute Gasteiger partial charge is 0.361 e. The van der Waals surface area contributed by atoms with Gasteiger partial charge in [-0.2, -0.15) is 4.79 Å². The molecular weight excluding hydrogens is 310 g/mol. The van der Waals surface area contributed by atoms with Crippen LogP contribution in [0.15, 0.2) is 48.5 Å². The van der Waals surface area contributed by atoms with Gasteiger partial charge in [0.15, 0.2) is 0 Å². The normalized spacial score (nSPS) is 11.8. The number of nitrogens with zero attached hydrogens (tertiary/aromatic N) is 3. The Morgan fingerprint density at radius 3 is 2.00 bits per heavy atom. The van der Waals surface area contributed by atoms with E-state index in [1.54, 1.807) is 6.07 Å². The van der Waals surface area contributed by atoms with Crippen LogP contribution in [0.4, 0.5) is 5.69 Å². The van der Waals surface area contributed by atoms with Crippen molar-refractivity contribution in [2.45, 2.75) is 52.5 Å². The molecule has 1 radical (unpaired) electrons. The molecule has 0 saturated carbocycles. The van der Waals surface area contributed by atoms with Crippen molar-refractivity contribution in [1.82, 2.24) is 0 Å². The van der Waals surface area contributed by atoms with Gasteiger partial charge in [0.2, 0.25) is 0 Å². The third-order valence-corrected chi connectivity index (χ3v) is 4.05. The Bertz CT molecular complexity index is 792. The second kappa shape index (κ2) is 6.83. The molecular formula is C21H26N3O. The molecule has 4 heteroatoms. The lowest BCUT2D eigenvalue weighted by Gasteiger charge is -2.30. The highest BCUT2D eigenvalue weighted by Crippen LogP contribution is 2.31. The average molecular weight is 336 g/mol. The minimum Gasteiger partial charge on any atom is -0.361 e. The number of hydrogen-bond acceptors (Lipinski definition) is 1. The van der Waals surface area contributed by atoms with Crippen LogP contribution in [0.25, 0.3) is 5.53 Å². The molecule has 0 aliphatic heterocycles. The average Bonchev–Trinajstić information content (AvgIpc) is 2.54. The van der Waals surface area contributed by atoms with E-state index in [-0.39, 0.29) is 5.41 Å². The van der Waals surface area contributed by atoms with Crippen molar-refractivity contribution in [3.8, 4) is 0 Å². The zero-order valence-corrected chi connectivity index (χ0v) is 15.9. The molecule has 0 aliphatic carbocycles. The van der Waals surface area contributed by atoms with Crippen LogP contribution in [-0.2, 0) is 10.6 Å². The molecule has 0 N–H and O–H groups in total. The van der Waals surface area contributed by atoms with E-state index in [1.807, 2.05) is 63.2 Å². The molecule has 0 unspecified atom stereocenters. The van der Waals surface area contributed by atoms with E-state index >= 15 is 0 Å². The highest BCUT2D eigenvalue weighted by molar-refractivity contribution is 6.09. The third kappa shape index (κ3) is 4.36. The van der Waals surface area contributed by atoms with Crippen molar-refractivity contribution in [3.05, 3.63) is 70.8 Å². The number of benzene rings is 2. The molecule has 131 valence electrons. The van der Waals surface area contributed by atoms with E-state index in [0.717, 1.165) is 21.8 Å². The molecule has 4 nitrogen and oxygen atoms in total. The van der Waals surface area contributed by atoms with Crippen molar-refractivity contribution < 1.29 is 10.00 Å². The summed E-state index contributed by atoms with van der Waals surface area (Å²) in [6, 6.07) is 15.2. The lowest BCUT2D eigenvalue weighted by atomic mass is 9.84. The maximum Gasteiger partial charge on any atom is 0.329 e. The van der Waals surface area contributed by atoms with Gasteiger partial charge in [0.05, 0.1) is 22.4 Å². The fourth-order valence-electron chi connectivity index (χ4n) is 2.56. The SMILES string of the molecule is CC(C)(C)c1cc(C(=[N+]=[N-])c2ccccc2)cc(N([O])C(C)(C)C)c1. The predicted octanol–water partition coefficient (Wildman–Crippen LogP) is 5.00. The van der Waals surface area contributed by atoms with Crippen LogP contribution in [-0.4, -0.2) is 16.0 Å². The highest BCUT2D eigenvalue weighted by Gasteiger charge is 2.27. The van der Waals surface area contributed by atoms with Gasteiger partial charge in [0.1, 0.15) is 0 Å². The van der Waals surface area contributed by atoms with Crippen molar-refractivity contribution in [3.63, 3.8) is 0 Å². The zero-order valence-electron chi connectivity index (χ0n) is 15.9. The summed E-state index contributed by atoms with van der Waals surface area (Å²) >= 11 is 0. The van der Waals surface area contributed by atoms with Crippen molar-refractivity contribution in [1.29, 1.82) is 0 Å². The quantitative estimate of drug-likeness (QED) is 0.337. The van der Waals surface area contributed by atoms with Crippen LogP contribution in [0.1, 0.15) is 58.2 Å². The van der Waals surface area contributed by atoms with Gasteiger partial charge >= 0.3 is 5.71 Å². The van der Waals surface area contributed by atoms with Crippen LogP contribution in [0.2, 0.25) is 0 Å². The summed E-state index contributed by atoms with van der Waals surface area (Å²) in [5.41, 5.74) is 12.5. The summed E-state index contributed by atoms with van der Waals surface area (Å²) < 4.78 is 0. The lowest BCUT2D eigenvalue weighted by molar-refractivity contribution is -0.00280. The molecule has 0 amide bonds. The first-order chi connectivity index (χ1) is 11.5. The summed E-state index contributed by atoms with van der Waals surface area (Å²) in [5, 5.41) is 13.8. The van der Waals surface area contributed by atoms with Gasteiger partial charge in [0.25, 0.3) is 0 Å². The Morgan fingerprint density at radius 1 is 0.920 bits per heavy atom. The van der Waals surface area contributed by atoms with E-state index in [1.165, 1.54) is 0 Å². The summed E-state index contributed by atoms with van der Waals surface area (Å²) in [7, 11) is 0. The number of anilines is 1. The number of rotatable bonds is 3. The Kier molecular flexibility index (Phi) is 5.17. The molecule has 0 aromatic heterocycles. The van der Waals surface area contributed by atoms with Crippen LogP contribution in [0, 0.1) is 0 Å². The van der Waals surface area contributed by atoms with Gasteiger partial charge in [-0.3, -0.25) is 0 Å². The van der Waals surface area contributed by atoms with Gasteiger partial charge in [0, 0.05) is 0 Å². The Labute approximate surface area is 150 Å². The van der Waals surface area contributed by atoms with E-state index in [9.17, 15) is 10.7 Å². The van der Waals surface area contributed by atoms with E-state index in [0.29, 0.717) is 11.4 Å². The molecule has 0 saturated heterocycles. The maximum atomic E-state index is 12.8. The smallest absolute Gasteiger partial charge is 0.329 e. The zero-order chi connectivity index (χ0) is 18.8. The third-order valence-electron chi connectivity index (χ3n) is 4.05. The summed E-state index contributed by atoms with van der Waals surface area (Å²) in [6.07, 6.45) is 0. The van der Waals surface area contributed by atoms with Gasteiger partial charge in [-0.1, -0.05) is 44.2 Å². The highest BCUT2D eigenvalue weighted by atomic mass is 16.5. The minimum absolute atomic E-state index is 0.138. The fourth-order valence-corrected chi connectivity index (χ4v) is 2.56. The minimum atomic E-state index is -0.558. The van der Waals surface area contributed by atoms with Crippen LogP contribution < -0.4 is 5.06 Å². The molecule has 2 aromatic carbocycles. The van der Waals surface area contributed by atoms with Crippen LogP contribution in [0.5, 0.6) is 0 Å². The topological polar surface area (TPSA) is 59.5 Å². The maximum absolute atomic E-state index is 12.8. The summed E-state index contributed by atoms with van der Waals surface area (Å²) in [4.78, 5) is 3.51. The molecule has 2 rings (SSSR count). The Morgan fingerprint density at radius 2 is 1.52 bits per heavy atom. The monoisotopic (exact) mass is 336 g/mol. The molecule has 0 aliphatic rings. The number of hydrogen-bond donors (Lipinski definition) is 0. The molecule has 0 atom stereocenters. The van der Waals surface area contributed by atoms with Crippen molar-refractivity contribution in [2.75, 3.05) is 5.06 Å². The summed E-state index contributed by atoms with van der Waals surface area (Å²) in [6.45, 7) is 11.9. The summed E-state index contributed by atoms with van der Waals surface area (Å²) in [5.74, 6) is 0. The van der Waals surface area contributed by atoms with Crippen LogP contribution in [0.3, 0.4) is 0 Å². The van der Waals surface area contributed by atoms with Gasteiger partial charge < -0.3 is 5.53 Å². The second-order valence-corrected chi connectivity index (χ2v) is 8.30. The fraction of sp³-hybridized carbons (Fsp3) is 0.381. The first-order valence-electron chi connectivity index (χ1n) is 8.45. The van der Waals surface area contributed by atoms with Crippen molar-refractivity contribution >= 4 is 11.4 Å². The van der Waals surface area contributed by atoms with E-state index < -0.39 is 5.54 Å². The standard InChI is InChI=1S/C21H26N3O/c1-20(2,3)17-12-16(13-18(14-17)24(25)21(4,5)6)19(23-22)15-10-8-7-9-11-15/h7-14H,1-6H3. The Balaban J connectivity index is 2.67. The van der Waals surface area contributed by atoms with E-state index in [2.05, 4.69) is 25.6 Å². The van der Waals surface area contributed by atoms with Crippen LogP contribution >= 0.6 is 0 Å². The van der Waals surface area contributed by atoms with Crippen molar-refractivity contribution in [2.24, 2.45) is 0 Å². The molecule has 0 spiro atoms. The molecule has 0 fully saturated rings. The Hall–Kier alpha value is -2.42. The van der Waals surface area contributed by atoms with Gasteiger partial charge in [-0.05, 0) is 62.1 Å². The molecule has 0 bridgehead atoms. The van der Waals surface area contributed by atoms with Gasteiger partial charge in [-0.25, -0.2) is 5.06 Å². The first-order valence-corrected chi connectivity index (χ1v) is 8.45. The predicted molar refractivity (Wildman–Crippen MR) is 101 cm³/mol. The van der Waals surface area contributed by atoms with E-state index in [4.69, 9.17) is 0 Å². The molecule has 25 heavy (non-hydrogen) atoms. The molecule has 2 aromatic rings. The second-order valence-electron chi connectivity index (χ2n) is 8.30. The number of hydroxylamine groups is 1. The van der Waals surface area contributed by atoms with Gasteiger partial charge in [-0.15, -0.1) is 0 Å². The molecule has 0 heterocycles.